The molecule has 9 heteroatoms. The maximum absolute atomic E-state index is 12.5. The van der Waals surface area contributed by atoms with Crippen LogP contribution in [-0.2, 0) is 16.6 Å². The zero-order valence-electron chi connectivity index (χ0n) is 13.2. The second kappa shape index (κ2) is 5.91. The van der Waals surface area contributed by atoms with Gasteiger partial charge in [-0.1, -0.05) is 0 Å². The summed E-state index contributed by atoms with van der Waals surface area (Å²) in [6.07, 6.45) is 1.51. The van der Waals surface area contributed by atoms with Gasteiger partial charge in [-0.2, -0.15) is 18.4 Å². The van der Waals surface area contributed by atoms with Crippen LogP contribution in [0.2, 0.25) is 0 Å². The van der Waals surface area contributed by atoms with E-state index in [9.17, 15) is 8.42 Å². The number of nitrogens with zero attached hydrogens (tertiary/aromatic N) is 4. The number of anilines is 1. The van der Waals surface area contributed by atoms with E-state index in [0.717, 1.165) is 0 Å². The smallest absolute Gasteiger partial charge is 0.316 e. The maximum Gasteiger partial charge on any atom is 0.316 e. The van der Waals surface area contributed by atoms with E-state index in [0.29, 0.717) is 29.4 Å². The highest BCUT2D eigenvalue weighted by atomic mass is 32.2. The van der Waals surface area contributed by atoms with Crippen LogP contribution in [0.3, 0.4) is 0 Å². The fourth-order valence-electron chi connectivity index (χ4n) is 2.04. The molecular weight excluding hydrogens is 306 g/mol. The first-order valence-corrected chi connectivity index (χ1v) is 8.22. The molecule has 0 spiro atoms. The maximum atomic E-state index is 12.5. The Hall–Kier alpha value is -2.16. The van der Waals surface area contributed by atoms with Gasteiger partial charge in [0.1, 0.15) is 5.82 Å². The number of ether oxygens (including phenoxy) is 1. The van der Waals surface area contributed by atoms with Gasteiger partial charge in [0.2, 0.25) is 0 Å². The second-order valence-corrected chi connectivity index (χ2v) is 6.40. The van der Waals surface area contributed by atoms with Crippen molar-refractivity contribution in [3.8, 4) is 6.01 Å². The largest absolute Gasteiger partial charge is 0.467 e. The van der Waals surface area contributed by atoms with Gasteiger partial charge in [-0.05, 0) is 27.7 Å². The lowest BCUT2D eigenvalue weighted by atomic mass is 10.3. The van der Waals surface area contributed by atoms with Crippen molar-refractivity contribution in [1.82, 2.24) is 19.5 Å². The fraction of sp³-hybridized carbons (Fsp3) is 0.462. The molecule has 0 aliphatic heterocycles. The minimum atomic E-state index is -3.79. The Balaban J connectivity index is 2.40. The summed E-state index contributed by atoms with van der Waals surface area (Å²) in [7, 11) is -2.34. The van der Waals surface area contributed by atoms with Gasteiger partial charge >= 0.3 is 6.01 Å². The minimum absolute atomic E-state index is 0.0264. The van der Waals surface area contributed by atoms with Crippen molar-refractivity contribution in [3.05, 3.63) is 23.4 Å². The summed E-state index contributed by atoms with van der Waals surface area (Å²) in [5, 5.41) is -0.0264. The van der Waals surface area contributed by atoms with Crippen LogP contribution >= 0.6 is 0 Å². The molecule has 0 aliphatic rings. The minimum Gasteiger partial charge on any atom is -0.467 e. The van der Waals surface area contributed by atoms with Gasteiger partial charge in [-0.15, -0.1) is 0 Å². The van der Waals surface area contributed by atoms with E-state index in [-0.39, 0.29) is 11.0 Å². The van der Waals surface area contributed by atoms with Crippen molar-refractivity contribution in [2.75, 3.05) is 11.8 Å². The topological polar surface area (TPSA) is 99.0 Å². The summed E-state index contributed by atoms with van der Waals surface area (Å²) in [5.74, 6) is 0.641. The number of nitrogens with one attached hydrogen (secondary N) is 1. The molecule has 2 heterocycles. The standard InChI is InChI=1S/C13H19N5O3S/c1-6-18-7-11(16-10(18)4)22(19,20)17-12-8(2)14-13(21-5)15-9(12)3/h7,17H,6H2,1-5H3. The fourth-order valence-corrected chi connectivity index (χ4v) is 3.23. The van der Waals surface area contributed by atoms with Crippen LogP contribution in [0, 0.1) is 20.8 Å². The van der Waals surface area contributed by atoms with E-state index < -0.39 is 10.0 Å². The summed E-state index contributed by atoms with van der Waals surface area (Å²) < 4.78 is 34.2. The lowest BCUT2D eigenvalue weighted by Crippen LogP contribution is -2.16. The van der Waals surface area contributed by atoms with E-state index >= 15 is 0 Å². The first kappa shape index (κ1) is 16.2. The summed E-state index contributed by atoms with van der Waals surface area (Å²) in [6.45, 7) is 7.70. The van der Waals surface area contributed by atoms with Crippen molar-refractivity contribution >= 4 is 15.7 Å². The van der Waals surface area contributed by atoms with Crippen LogP contribution in [-0.4, -0.2) is 35.0 Å². The van der Waals surface area contributed by atoms with Gasteiger partial charge < -0.3 is 9.30 Å². The molecule has 0 saturated heterocycles. The number of sulfonamides is 1. The number of aromatic nitrogens is 4. The molecule has 0 amide bonds. The van der Waals surface area contributed by atoms with Gasteiger partial charge in [0.05, 0.1) is 24.2 Å². The summed E-state index contributed by atoms with van der Waals surface area (Å²) in [5.41, 5.74) is 1.31. The third-order valence-electron chi connectivity index (χ3n) is 3.24. The Labute approximate surface area is 129 Å². The van der Waals surface area contributed by atoms with Gasteiger partial charge in [-0.25, -0.2) is 4.98 Å². The first-order chi connectivity index (χ1) is 10.3. The lowest BCUT2D eigenvalue weighted by Gasteiger charge is -2.11. The molecule has 0 aliphatic carbocycles. The van der Waals surface area contributed by atoms with Gasteiger partial charge in [0, 0.05) is 12.7 Å². The zero-order chi connectivity index (χ0) is 16.5. The van der Waals surface area contributed by atoms with E-state index in [1.54, 1.807) is 25.3 Å². The molecule has 0 saturated carbocycles. The molecular formula is C13H19N5O3S. The highest BCUT2D eigenvalue weighted by Gasteiger charge is 2.22. The SMILES string of the molecule is CCn1cc(S(=O)(=O)Nc2c(C)nc(OC)nc2C)nc1C. The third-order valence-corrected chi connectivity index (χ3v) is 4.46. The molecule has 0 bridgehead atoms. The van der Waals surface area contributed by atoms with Crippen LogP contribution in [0.15, 0.2) is 11.2 Å². The molecule has 2 aromatic rings. The molecule has 1 N–H and O–H groups in total. The summed E-state index contributed by atoms with van der Waals surface area (Å²) in [6, 6.07) is 0.198. The van der Waals surface area contributed by atoms with Gasteiger partial charge in [-0.3, -0.25) is 4.72 Å². The number of methoxy groups -OCH3 is 1. The molecule has 2 aromatic heterocycles. The van der Waals surface area contributed by atoms with Crippen LogP contribution in [0.5, 0.6) is 6.01 Å². The number of hydrogen-bond acceptors (Lipinski definition) is 6. The normalized spacial score (nSPS) is 11.5. The van der Waals surface area contributed by atoms with Crippen molar-refractivity contribution in [2.45, 2.75) is 39.3 Å². The molecule has 8 nitrogen and oxygen atoms in total. The highest BCUT2D eigenvalue weighted by Crippen LogP contribution is 2.22. The van der Waals surface area contributed by atoms with Crippen LogP contribution in [0.1, 0.15) is 24.1 Å². The Morgan fingerprint density at radius 1 is 1.18 bits per heavy atom. The van der Waals surface area contributed by atoms with Crippen molar-refractivity contribution < 1.29 is 13.2 Å². The predicted octanol–water partition coefficient (Wildman–Crippen LogP) is 1.43. The van der Waals surface area contributed by atoms with E-state index in [1.165, 1.54) is 13.3 Å². The second-order valence-electron chi connectivity index (χ2n) is 4.77. The molecule has 120 valence electrons. The summed E-state index contributed by atoms with van der Waals surface area (Å²) >= 11 is 0. The van der Waals surface area contributed by atoms with Gasteiger partial charge in [0.15, 0.2) is 5.03 Å². The Bertz CT molecular complexity index is 775. The number of rotatable bonds is 5. The van der Waals surface area contributed by atoms with Crippen LogP contribution in [0.4, 0.5) is 5.69 Å². The Kier molecular flexibility index (Phi) is 4.36. The molecule has 0 atom stereocenters. The molecule has 0 unspecified atom stereocenters. The Morgan fingerprint density at radius 3 is 2.23 bits per heavy atom. The molecule has 0 fully saturated rings. The van der Waals surface area contributed by atoms with Crippen LogP contribution < -0.4 is 9.46 Å². The van der Waals surface area contributed by atoms with E-state index in [1.807, 2.05) is 6.92 Å². The number of hydrogen-bond donors (Lipinski definition) is 1. The average Bonchev–Trinajstić information content (AvgIpc) is 2.84. The molecule has 2 rings (SSSR count). The van der Waals surface area contributed by atoms with Crippen molar-refractivity contribution in [2.24, 2.45) is 0 Å². The van der Waals surface area contributed by atoms with Crippen LogP contribution in [0.25, 0.3) is 0 Å². The molecule has 0 aromatic carbocycles. The highest BCUT2D eigenvalue weighted by molar-refractivity contribution is 7.92. The summed E-state index contributed by atoms with van der Waals surface area (Å²) in [4.78, 5) is 12.3. The van der Waals surface area contributed by atoms with Crippen molar-refractivity contribution in [1.29, 1.82) is 0 Å². The Morgan fingerprint density at radius 2 is 1.77 bits per heavy atom. The molecule has 22 heavy (non-hydrogen) atoms. The van der Waals surface area contributed by atoms with Crippen molar-refractivity contribution in [3.63, 3.8) is 0 Å². The third kappa shape index (κ3) is 3.03. The predicted molar refractivity (Wildman–Crippen MR) is 81.5 cm³/mol. The zero-order valence-corrected chi connectivity index (χ0v) is 14.0. The monoisotopic (exact) mass is 325 g/mol. The van der Waals surface area contributed by atoms with E-state index in [2.05, 4.69) is 19.7 Å². The average molecular weight is 325 g/mol. The molecule has 0 radical (unpaired) electrons. The van der Waals surface area contributed by atoms with E-state index in [4.69, 9.17) is 4.74 Å². The first-order valence-electron chi connectivity index (χ1n) is 6.74. The lowest BCUT2D eigenvalue weighted by molar-refractivity contribution is 0.378. The number of imidazole rings is 1. The van der Waals surface area contributed by atoms with Gasteiger partial charge in [0.25, 0.3) is 10.0 Å². The number of aryl methyl sites for hydroxylation is 4. The quantitative estimate of drug-likeness (QED) is 0.893.